The van der Waals surface area contributed by atoms with Crippen LogP contribution in [0.3, 0.4) is 0 Å². The fourth-order valence-electron chi connectivity index (χ4n) is 2.19. The average molecular weight is 281 g/mol. The first-order chi connectivity index (χ1) is 9.22. The van der Waals surface area contributed by atoms with E-state index in [9.17, 15) is 0 Å². The molecule has 0 radical (unpaired) electrons. The second kappa shape index (κ2) is 4.97. The summed E-state index contributed by atoms with van der Waals surface area (Å²) in [7, 11) is 0. The summed E-state index contributed by atoms with van der Waals surface area (Å²) < 4.78 is 4.86. The van der Waals surface area contributed by atoms with Gasteiger partial charge in [-0.25, -0.2) is 0 Å². The molecule has 6 nitrogen and oxygen atoms in total. The highest BCUT2D eigenvalue weighted by Crippen LogP contribution is 2.18. The summed E-state index contributed by atoms with van der Waals surface area (Å²) in [4.78, 5) is 3.98. The topological polar surface area (TPSA) is 62.4 Å². The van der Waals surface area contributed by atoms with Crippen molar-refractivity contribution in [3.63, 3.8) is 0 Å². The number of halogens is 1. The smallest absolute Gasteiger partial charge is 0.296 e. The number of benzene rings is 1. The number of anilines is 2. The molecule has 0 amide bonds. The van der Waals surface area contributed by atoms with Crippen LogP contribution in [0.2, 0.25) is 5.02 Å². The van der Waals surface area contributed by atoms with Crippen LogP contribution in [-0.2, 0) is 0 Å². The zero-order valence-corrected chi connectivity index (χ0v) is 11.1. The molecule has 2 heterocycles. The fourth-order valence-corrected chi connectivity index (χ4v) is 2.32. The van der Waals surface area contributed by atoms with E-state index < -0.39 is 0 Å². The van der Waals surface area contributed by atoms with Crippen LogP contribution in [0.5, 0.6) is 0 Å². The molecular formula is C12H15ClN5O+. The van der Waals surface area contributed by atoms with E-state index in [1.54, 1.807) is 11.0 Å². The lowest BCUT2D eigenvalue weighted by molar-refractivity contribution is -0.758. The van der Waals surface area contributed by atoms with Gasteiger partial charge in [-0.05, 0) is 24.3 Å². The van der Waals surface area contributed by atoms with Crippen LogP contribution < -0.4 is 20.4 Å². The van der Waals surface area contributed by atoms with E-state index in [0.29, 0.717) is 5.88 Å². The minimum atomic E-state index is 0.320. The van der Waals surface area contributed by atoms with Crippen molar-refractivity contribution in [2.45, 2.75) is 0 Å². The number of piperazine rings is 1. The Bertz CT molecular complexity index is 548. The molecule has 1 aromatic carbocycles. The standard InChI is InChI=1S/C12H15ClN5O/c13-10-1-3-11(4-2-10)16-5-7-17(8-6-16)18-9-12(14)19-15-18/h1-4,9H,5-8,14H2/q+1. The van der Waals surface area contributed by atoms with Gasteiger partial charge in [-0.3, -0.25) is 4.52 Å². The molecule has 0 bridgehead atoms. The van der Waals surface area contributed by atoms with Gasteiger partial charge in [0.2, 0.25) is 5.27 Å². The van der Waals surface area contributed by atoms with Gasteiger partial charge in [0.15, 0.2) is 0 Å². The zero-order chi connectivity index (χ0) is 13.2. The molecule has 0 unspecified atom stereocenters. The highest BCUT2D eigenvalue weighted by atomic mass is 35.5. The van der Waals surface area contributed by atoms with Crippen LogP contribution in [0, 0.1) is 0 Å². The molecule has 1 fully saturated rings. The Morgan fingerprint density at radius 3 is 2.42 bits per heavy atom. The molecule has 19 heavy (non-hydrogen) atoms. The maximum atomic E-state index is 5.90. The summed E-state index contributed by atoms with van der Waals surface area (Å²) in [5, 5.41) is 6.71. The van der Waals surface area contributed by atoms with Crippen LogP contribution >= 0.6 is 11.6 Å². The summed E-state index contributed by atoms with van der Waals surface area (Å²) in [5.74, 6) is 0.320. The summed E-state index contributed by atoms with van der Waals surface area (Å²) in [5.41, 5.74) is 6.71. The molecule has 7 heteroatoms. The normalized spacial score (nSPS) is 15.8. The van der Waals surface area contributed by atoms with E-state index >= 15 is 0 Å². The van der Waals surface area contributed by atoms with Gasteiger partial charge in [-0.1, -0.05) is 11.6 Å². The first kappa shape index (κ1) is 12.1. The number of hydrogen-bond acceptors (Lipinski definition) is 5. The molecule has 1 aromatic heterocycles. The average Bonchev–Trinajstić information content (AvgIpc) is 2.87. The summed E-state index contributed by atoms with van der Waals surface area (Å²) in [6, 6.07) is 7.91. The van der Waals surface area contributed by atoms with Gasteiger partial charge in [-0.15, -0.1) is 5.01 Å². The molecule has 3 rings (SSSR count). The third kappa shape index (κ3) is 2.58. The fraction of sp³-hybridized carbons (Fsp3) is 0.333. The molecule has 1 aliphatic heterocycles. The number of nitrogens with two attached hydrogens (primary N) is 1. The first-order valence-electron chi connectivity index (χ1n) is 6.12. The zero-order valence-electron chi connectivity index (χ0n) is 10.4. The van der Waals surface area contributed by atoms with Crippen LogP contribution in [0.15, 0.2) is 35.0 Å². The molecule has 0 saturated carbocycles. The lowest BCUT2D eigenvalue weighted by Crippen LogP contribution is -2.65. The maximum Gasteiger partial charge on any atom is 0.296 e. The maximum absolute atomic E-state index is 5.90. The third-order valence-corrected chi connectivity index (χ3v) is 3.46. The Labute approximate surface area is 115 Å². The van der Waals surface area contributed by atoms with Crippen molar-refractivity contribution < 1.29 is 9.31 Å². The van der Waals surface area contributed by atoms with E-state index in [2.05, 4.69) is 15.2 Å². The molecule has 0 aliphatic carbocycles. The van der Waals surface area contributed by atoms with Gasteiger partial charge >= 0.3 is 0 Å². The minimum Gasteiger partial charge on any atom is -0.368 e. The van der Waals surface area contributed by atoms with Gasteiger partial charge in [-0.2, -0.15) is 0 Å². The number of rotatable bonds is 2. The van der Waals surface area contributed by atoms with Crippen LogP contribution in [-0.4, -0.2) is 31.5 Å². The summed E-state index contributed by atoms with van der Waals surface area (Å²) in [6.45, 7) is 3.56. The lowest BCUT2D eigenvalue weighted by atomic mass is 10.2. The van der Waals surface area contributed by atoms with Gasteiger partial charge in [0, 0.05) is 23.8 Å². The number of hydrogen-bond donors (Lipinski definition) is 1. The van der Waals surface area contributed by atoms with Crippen LogP contribution in [0.1, 0.15) is 0 Å². The predicted molar refractivity (Wildman–Crippen MR) is 72.7 cm³/mol. The van der Waals surface area contributed by atoms with Crippen molar-refractivity contribution in [1.82, 2.24) is 5.27 Å². The van der Waals surface area contributed by atoms with Crippen LogP contribution in [0.25, 0.3) is 0 Å². The minimum absolute atomic E-state index is 0.320. The summed E-state index contributed by atoms with van der Waals surface area (Å²) in [6.07, 6.45) is 1.68. The number of nitrogen functional groups attached to an aromatic ring is 1. The molecule has 1 aliphatic rings. The molecule has 2 aromatic rings. The third-order valence-electron chi connectivity index (χ3n) is 3.21. The van der Waals surface area contributed by atoms with Gasteiger partial charge < -0.3 is 10.6 Å². The first-order valence-corrected chi connectivity index (χ1v) is 6.50. The van der Waals surface area contributed by atoms with Crippen LogP contribution in [0.4, 0.5) is 11.6 Å². The van der Waals surface area contributed by atoms with Crippen molar-refractivity contribution in [1.29, 1.82) is 0 Å². The van der Waals surface area contributed by atoms with Crippen molar-refractivity contribution in [3.8, 4) is 0 Å². The predicted octanol–water partition coefficient (Wildman–Crippen LogP) is 0.656. The molecule has 2 N–H and O–H groups in total. The molecular weight excluding hydrogens is 266 g/mol. The van der Waals surface area contributed by atoms with E-state index in [1.807, 2.05) is 24.3 Å². The largest absolute Gasteiger partial charge is 0.368 e. The Balaban J connectivity index is 1.64. The molecule has 0 atom stereocenters. The number of nitrogens with zero attached hydrogens (tertiary/aromatic N) is 4. The molecule has 1 saturated heterocycles. The molecule has 100 valence electrons. The Morgan fingerprint density at radius 1 is 1.16 bits per heavy atom. The Kier molecular flexibility index (Phi) is 3.16. The molecule has 0 spiro atoms. The van der Waals surface area contributed by atoms with Gasteiger partial charge in [0.1, 0.15) is 0 Å². The quantitative estimate of drug-likeness (QED) is 0.819. The highest BCUT2D eigenvalue weighted by Gasteiger charge is 2.25. The van der Waals surface area contributed by atoms with E-state index in [0.717, 1.165) is 31.2 Å². The van der Waals surface area contributed by atoms with Crippen molar-refractivity contribution >= 4 is 23.2 Å². The highest BCUT2D eigenvalue weighted by molar-refractivity contribution is 6.30. The Morgan fingerprint density at radius 2 is 1.84 bits per heavy atom. The van der Waals surface area contributed by atoms with Crippen molar-refractivity contribution in [3.05, 3.63) is 35.5 Å². The van der Waals surface area contributed by atoms with Crippen molar-refractivity contribution in [2.24, 2.45) is 0 Å². The second-order valence-electron chi connectivity index (χ2n) is 4.44. The monoisotopic (exact) mass is 280 g/mol. The van der Waals surface area contributed by atoms with E-state index in [4.69, 9.17) is 21.9 Å². The summed E-state index contributed by atoms with van der Waals surface area (Å²) >= 11 is 5.90. The Hall–Kier alpha value is -1.95. The lowest BCUT2D eigenvalue weighted by Gasteiger charge is -2.31. The van der Waals surface area contributed by atoms with Crippen molar-refractivity contribution in [2.75, 3.05) is 41.8 Å². The second-order valence-corrected chi connectivity index (χ2v) is 4.88. The van der Waals surface area contributed by atoms with Gasteiger partial charge in [0.05, 0.1) is 17.9 Å². The SMILES string of the molecule is Nc1c[n+](N2CCN(c3ccc(Cl)cc3)CC2)no1. The van der Waals surface area contributed by atoms with E-state index in [-0.39, 0.29) is 0 Å². The number of aromatic nitrogens is 2. The van der Waals surface area contributed by atoms with E-state index in [1.165, 1.54) is 5.69 Å². The van der Waals surface area contributed by atoms with Gasteiger partial charge in [0.25, 0.3) is 12.1 Å².